The number of aliphatic hydroxyl groups is 1. The normalized spacial score (nSPS) is 12.6. The van der Waals surface area contributed by atoms with Crippen LogP contribution in [0, 0.1) is 6.92 Å². The molecule has 0 saturated heterocycles. The Morgan fingerprint density at radius 2 is 2.12 bits per heavy atom. The number of thiophene rings is 1. The first kappa shape index (κ1) is 12.6. The second-order valence-electron chi connectivity index (χ2n) is 4.09. The average Bonchev–Trinajstić information content (AvgIpc) is 2.82. The molecule has 2 aromatic rings. The molecule has 0 fully saturated rings. The van der Waals surface area contributed by atoms with Crippen molar-refractivity contribution in [3.05, 3.63) is 56.7 Å². The van der Waals surface area contributed by atoms with Crippen LogP contribution in [0.5, 0.6) is 0 Å². The first-order valence-electron chi connectivity index (χ1n) is 5.64. The lowest BCUT2D eigenvalue weighted by Crippen LogP contribution is -2.01. The van der Waals surface area contributed by atoms with Crippen molar-refractivity contribution >= 4 is 22.9 Å². The highest BCUT2D eigenvalue weighted by Crippen LogP contribution is 2.27. The lowest BCUT2D eigenvalue weighted by Gasteiger charge is -2.14. The maximum absolute atomic E-state index is 10.2. The zero-order chi connectivity index (χ0) is 12.3. The van der Waals surface area contributed by atoms with Crippen molar-refractivity contribution in [2.45, 2.75) is 25.9 Å². The Kier molecular flexibility index (Phi) is 4.21. The third-order valence-electron chi connectivity index (χ3n) is 2.91. The Labute approximate surface area is 111 Å². The lowest BCUT2D eigenvalue weighted by atomic mass is 10.00. The summed E-state index contributed by atoms with van der Waals surface area (Å²) in [7, 11) is 0. The van der Waals surface area contributed by atoms with Crippen molar-refractivity contribution in [2.75, 3.05) is 0 Å². The van der Waals surface area contributed by atoms with Gasteiger partial charge in [0.2, 0.25) is 0 Å². The SMILES string of the molecule is Cc1c(Cl)cccc1C(O)CCc1cccs1. The Morgan fingerprint density at radius 1 is 1.29 bits per heavy atom. The van der Waals surface area contributed by atoms with E-state index in [2.05, 4.69) is 11.4 Å². The summed E-state index contributed by atoms with van der Waals surface area (Å²) in [6, 6.07) is 9.82. The number of halogens is 1. The summed E-state index contributed by atoms with van der Waals surface area (Å²) in [5, 5.41) is 13.0. The van der Waals surface area contributed by atoms with Crippen LogP contribution in [0.4, 0.5) is 0 Å². The van der Waals surface area contributed by atoms with Gasteiger partial charge in [0.05, 0.1) is 6.10 Å². The van der Waals surface area contributed by atoms with E-state index >= 15 is 0 Å². The number of benzene rings is 1. The van der Waals surface area contributed by atoms with Crippen LogP contribution in [0.1, 0.15) is 28.5 Å². The third-order valence-corrected chi connectivity index (χ3v) is 4.26. The van der Waals surface area contributed by atoms with Crippen molar-refractivity contribution in [3.63, 3.8) is 0 Å². The number of hydrogen-bond acceptors (Lipinski definition) is 2. The van der Waals surface area contributed by atoms with Crippen molar-refractivity contribution in [1.82, 2.24) is 0 Å². The second kappa shape index (κ2) is 5.67. The molecule has 0 aliphatic rings. The molecule has 1 nitrogen and oxygen atoms in total. The molecular formula is C14H15ClOS. The van der Waals surface area contributed by atoms with Gasteiger partial charge in [-0.25, -0.2) is 0 Å². The number of rotatable bonds is 4. The fourth-order valence-corrected chi connectivity index (χ4v) is 2.78. The summed E-state index contributed by atoms with van der Waals surface area (Å²) in [5.74, 6) is 0. The Balaban J connectivity index is 2.04. The van der Waals surface area contributed by atoms with Gasteiger partial charge in [-0.3, -0.25) is 0 Å². The third kappa shape index (κ3) is 3.09. The van der Waals surface area contributed by atoms with Gasteiger partial charge in [0.25, 0.3) is 0 Å². The van der Waals surface area contributed by atoms with Gasteiger partial charge >= 0.3 is 0 Å². The quantitative estimate of drug-likeness (QED) is 0.871. The zero-order valence-electron chi connectivity index (χ0n) is 9.69. The fraction of sp³-hybridized carbons (Fsp3) is 0.286. The molecule has 1 aromatic heterocycles. The average molecular weight is 267 g/mol. The molecule has 1 heterocycles. The molecule has 1 N–H and O–H groups in total. The van der Waals surface area contributed by atoms with E-state index in [1.165, 1.54) is 4.88 Å². The topological polar surface area (TPSA) is 20.2 Å². The lowest BCUT2D eigenvalue weighted by molar-refractivity contribution is 0.167. The second-order valence-corrected chi connectivity index (χ2v) is 5.53. The highest BCUT2D eigenvalue weighted by Gasteiger charge is 2.12. The zero-order valence-corrected chi connectivity index (χ0v) is 11.3. The largest absolute Gasteiger partial charge is 0.388 e. The highest BCUT2D eigenvalue weighted by atomic mass is 35.5. The van der Waals surface area contributed by atoms with E-state index in [0.29, 0.717) is 0 Å². The predicted molar refractivity (Wildman–Crippen MR) is 73.8 cm³/mol. The van der Waals surface area contributed by atoms with E-state index in [0.717, 1.165) is 29.0 Å². The van der Waals surface area contributed by atoms with Crippen molar-refractivity contribution in [2.24, 2.45) is 0 Å². The van der Waals surface area contributed by atoms with E-state index in [9.17, 15) is 5.11 Å². The van der Waals surface area contributed by atoms with E-state index in [1.54, 1.807) is 11.3 Å². The monoisotopic (exact) mass is 266 g/mol. The van der Waals surface area contributed by atoms with E-state index in [-0.39, 0.29) is 0 Å². The molecule has 17 heavy (non-hydrogen) atoms. The molecule has 0 aliphatic carbocycles. The van der Waals surface area contributed by atoms with Gasteiger partial charge in [-0.05, 0) is 48.4 Å². The molecule has 1 aromatic carbocycles. The molecule has 90 valence electrons. The minimum absolute atomic E-state index is 0.434. The standard InChI is InChI=1S/C14H15ClOS/c1-10-12(5-2-6-13(10)15)14(16)8-7-11-4-3-9-17-11/h2-6,9,14,16H,7-8H2,1H3. The molecule has 0 spiro atoms. The maximum atomic E-state index is 10.2. The predicted octanol–water partition coefficient (Wildman–Crippen LogP) is 4.38. The first-order valence-corrected chi connectivity index (χ1v) is 6.89. The van der Waals surface area contributed by atoms with Crippen LogP contribution in [-0.4, -0.2) is 5.11 Å². The summed E-state index contributed by atoms with van der Waals surface area (Å²) in [5.41, 5.74) is 1.92. The molecule has 2 rings (SSSR count). The first-order chi connectivity index (χ1) is 8.18. The van der Waals surface area contributed by atoms with Crippen LogP contribution in [0.2, 0.25) is 5.02 Å². The molecule has 0 bridgehead atoms. The van der Waals surface area contributed by atoms with Crippen LogP contribution in [0.15, 0.2) is 35.7 Å². The Bertz CT molecular complexity index is 479. The molecule has 1 atom stereocenters. The van der Waals surface area contributed by atoms with Crippen molar-refractivity contribution in [1.29, 1.82) is 0 Å². The van der Waals surface area contributed by atoms with Gasteiger partial charge in [0.1, 0.15) is 0 Å². The van der Waals surface area contributed by atoms with Crippen molar-refractivity contribution in [3.8, 4) is 0 Å². The Morgan fingerprint density at radius 3 is 2.82 bits per heavy atom. The molecule has 1 unspecified atom stereocenters. The summed E-state index contributed by atoms with van der Waals surface area (Å²) in [4.78, 5) is 1.31. The summed E-state index contributed by atoms with van der Waals surface area (Å²) in [6.07, 6.45) is 1.21. The van der Waals surface area contributed by atoms with Gasteiger partial charge in [-0.1, -0.05) is 29.8 Å². The van der Waals surface area contributed by atoms with Crippen molar-refractivity contribution < 1.29 is 5.11 Å². The van der Waals surface area contributed by atoms with Crippen LogP contribution in [0.25, 0.3) is 0 Å². The molecule has 0 amide bonds. The van der Waals surface area contributed by atoms with Gasteiger partial charge in [-0.2, -0.15) is 0 Å². The van der Waals surface area contributed by atoms with Gasteiger partial charge < -0.3 is 5.11 Å². The van der Waals surface area contributed by atoms with E-state index in [4.69, 9.17) is 11.6 Å². The van der Waals surface area contributed by atoms with Crippen LogP contribution in [0.3, 0.4) is 0 Å². The van der Waals surface area contributed by atoms with E-state index < -0.39 is 6.10 Å². The maximum Gasteiger partial charge on any atom is 0.0796 e. The molecular weight excluding hydrogens is 252 g/mol. The van der Waals surface area contributed by atoms with E-state index in [1.807, 2.05) is 31.2 Å². The van der Waals surface area contributed by atoms with Crippen LogP contribution < -0.4 is 0 Å². The van der Waals surface area contributed by atoms with Gasteiger partial charge in [-0.15, -0.1) is 11.3 Å². The summed E-state index contributed by atoms with van der Waals surface area (Å²) in [6.45, 7) is 1.95. The highest BCUT2D eigenvalue weighted by molar-refractivity contribution is 7.09. The smallest absolute Gasteiger partial charge is 0.0796 e. The fourth-order valence-electron chi connectivity index (χ4n) is 1.87. The summed E-state index contributed by atoms with van der Waals surface area (Å²) < 4.78 is 0. The molecule has 0 radical (unpaired) electrons. The van der Waals surface area contributed by atoms with Crippen LogP contribution in [-0.2, 0) is 6.42 Å². The minimum atomic E-state index is -0.434. The minimum Gasteiger partial charge on any atom is -0.388 e. The number of hydrogen-bond donors (Lipinski definition) is 1. The number of aliphatic hydroxyl groups excluding tert-OH is 1. The molecule has 0 saturated carbocycles. The summed E-state index contributed by atoms with van der Waals surface area (Å²) >= 11 is 7.78. The Hall–Kier alpha value is -0.830. The number of aryl methyl sites for hydroxylation is 1. The van der Waals surface area contributed by atoms with Gasteiger partial charge in [0.15, 0.2) is 0 Å². The van der Waals surface area contributed by atoms with Crippen LogP contribution >= 0.6 is 22.9 Å². The molecule has 3 heteroatoms. The van der Waals surface area contributed by atoms with Gasteiger partial charge in [0, 0.05) is 9.90 Å². The molecule has 0 aliphatic heterocycles.